The van der Waals surface area contributed by atoms with Crippen LogP contribution in [0.25, 0.3) is 5.69 Å². The zero-order chi connectivity index (χ0) is 15.7. The van der Waals surface area contributed by atoms with Crippen molar-refractivity contribution in [2.45, 2.75) is 27.3 Å². The van der Waals surface area contributed by atoms with Gasteiger partial charge in [0.25, 0.3) is 0 Å². The highest BCUT2D eigenvalue weighted by molar-refractivity contribution is 5.47. The van der Waals surface area contributed by atoms with Crippen molar-refractivity contribution < 1.29 is 0 Å². The summed E-state index contributed by atoms with van der Waals surface area (Å²) < 4.78 is 3.23. The third-order valence-electron chi connectivity index (χ3n) is 3.84. The summed E-state index contributed by atoms with van der Waals surface area (Å²) in [5, 5.41) is 4.43. The van der Waals surface area contributed by atoms with Crippen LogP contribution in [-0.2, 0) is 6.54 Å². The van der Waals surface area contributed by atoms with Crippen LogP contribution in [0.3, 0.4) is 0 Å². The maximum absolute atomic E-state index is 12.8. The van der Waals surface area contributed by atoms with Crippen LogP contribution in [-0.4, -0.2) is 14.3 Å². The first-order valence-corrected chi connectivity index (χ1v) is 7.35. The Morgan fingerprint density at radius 2 is 1.55 bits per heavy atom. The molecule has 0 unspecified atom stereocenters. The van der Waals surface area contributed by atoms with Gasteiger partial charge < -0.3 is 0 Å². The van der Waals surface area contributed by atoms with Crippen LogP contribution in [0.1, 0.15) is 22.5 Å². The van der Waals surface area contributed by atoms with Gasteiger partial charge in [-0.1, -0.05) is 48.5 Å². The summed E-state index contributed by atoms with van der Waals surface area (Å²) in [4.78, 5) is 12.8. The molecule has 4 heteroatoms. The largest absolute Gasteiger partial charge is 0.350 e. The van der Waals surface area contributed by atoms with E-state index in [1.807, 2.05) is 69.3 Å². The molecule has 0 radical (unpaired) electrons. The van der Waals surface area contributed by atoms with Crippen molar-refractivity contribution in [1.29, 1.82) is 0 Å². The Labute approximate surface area is 129 Å². The highest BCUT2D eigenvalue weighted by Gasteiger charge is 2.15. The minimum Gasteiger partial charge on any atom is -0.247 e. The average Bonchev–Trinajstić information content (AvgIpc) is 2.76. The molecule has 2 aromatic carbocycles. The van der Waals surface area contributed by atoms with E-state index in [1.165, 1.54) is 4.68 Å². The molecule has 0 fully saturated rings. The van der Waals surface area contributed by atoms with E-state index in [-0.39, 0.29) is 5.69 Å². The first-order valence-electron chi connectivity index (χ1n) is 7.35. The van der Waals surface area contributed by atoms with E-state index in [1.54, 1.807) is 4.57 Å². The molecule has 0 saturated carbocycles. The molecule has 0 N–H and O–H groups in total. The molecule has 0 aliphatic rings. The smallest absolute Gasteiger partial charge is 0.247 e. The Morgan fingerprint density at radius 3 is 2.18 bits per heavy atom. The van der Waals surface area contributed by atoms with Crippen molar-refractivity contribution in [3.05, 3.63) is 81.5 Å². The van der Waals surface area contributed by atoms with Gasteiger partial charge in [0.05, 0.1) is 12.2 Å². The van der Waals surface area contributed by atoms with Gasteiger partial charge in [-0.25, -0.2) is 14.0 Å². The molecule has 22 heavy (non-hydrogen) atoms. The molecule has 112 valence electrons. The monoisotopic (exact) mass is 293 g/mol. The molecule has 3 rings (SSSR count). The van der Waals surface area contributed by atoms with Crippen LogP contribution in [0, 0.1) is 20.8 Å². The standard InChI is InChI=1S/C18H19N3O/c1-13-8-7-9-14(2)17(13)21-15(3)19-20(18(21)22)12-16-10-5-4-6-11-16/h4-11H,12H2,1-3H3. The van der Waals surface area contributed by atoms with Gasteiger partial charge in [0.15, 0.2) is 0 Å². The van der Waals surface area contributed by atoms with Crippen LogP contribution in [0.15, 0.2) is 53.3 Å². The van der Waals surface area contributed by atoms with Crippen molar-refractivity contribution in [2.24, 2.45) is 0 Å². The lowest BCUT2D eigenvalue weighted by atomic mass is 10.1. The fourth-order valence-electron chi connectivity index (χ4n) is 2.79. The Kier molecular flexibility index (Phi) is 3.67. The lowest BCUT2D eigenvalue weighted by molar-refractivity contribution is 0.650. The molecule has 3 aromatic rings. The predicted octanol–water partition coefficient (Wildman–Crippen LogP) is 3.01. The van der Waals surface area contributed by atoms with Crippen molar-refractivity contribution in [2.75, 3.05) is 0 Å². The normalized spacial score (nSPS) is 10.9. The summed E-state index contributed by atoms with van der Waals surface area (Å²) in [6.45, 7) is 6.39. The van der Waals surface area contributed by atoms with Gasteiger partial charge in [0, 0.05) is 0 Å². The Bertz CT molecular complexity index is 840. The molecule has 0 atom stereocenters. The van der Waals surface area contributed by atoms with E-state index < -0.39 is 0 Å². The molecule has 0 bridgehead atoms. The van der Waals surface area contributed by atoms with Crippen molar-refractivity contribution >= 4 is 0 Å². The summed E-state index contributed by atoms with van der Waals surface area (Å²) in [5.41, 5.74) is 4.05. The molecule has 1 aromatic heterocycles. The summed E-state index contributed by atoms with van der Waals surface area (Å²) in [6, 6.07) is 15.9. The zero-order valence-corrected chi connectivity index (χ0v) is 13.1. The van der Waals surface area contributed by atoms with E-state index in [2.05, 4.69) is 5.10 Å². The summed E-state index contributed by atoms with van der Waals surface area (Å²) >= 11 is 0. The molecular weight excluding hydrogens is 274 g/mol. The van der Waals surface area contributed by atoms with Crippen LogP contribution >= 0.6 is 0 Å². The van der Waals surface area contributed by atoms with Crippen molar-refractivity contribution in [3.8, 4) is 5.69 Å². The zero-order valence-electron chi connectivity index (χ0n) is 13.1. The predicted molar refractivity (Wildman–Crippen MR) is 87.6 cm³/mol. The van der Waals surface area contributed by atoms with Gasteiger partial charge in [0.1, 0.15) is 5.82 Å². The van der Waals surface area contributed by atoms with Gasteiger partial charge in [-0.3, -0.25) is 0 Å². The first kappa shape index (κ1) is 14.3. The number of aromatic nitrogens is 3. The van der Waals surface area contributed by atoms with Crippen LogP contribution in [0.4, 0.5) is 0 Å². The van der Waals surface area contributed by atoms with Gasteiger partial charge in [-0.05, 0) is 37.5 Å². The third-order valence-corrected chi connectivity index (χ3v) is 3.84. The topological polar surface area (TPSA) is 39.8 Å². The first-order chi connectivity index (χ1) is 10.6. The van der Waals surface area contributed by atoms with Gasteiger partial charge >= 0.3 is 5.69 Å². The van der Waals surface area contributed by atoms with E-state index in [0.29, 0.717) is 12.4 Å². The van der Waals surface area contributed by atoms with Crippen molar-refractivity contribution in [3.63, 3.8) is 0 Å². The van der Waals surface area contributed by atoms with Gasteiger partial charge in [0.2, 0.25) is 0 Å². The number of nitrogens with zero attached hydrogens (tertiary/aromatic N) is 3. The van der Waals surface area contributed by atoms with E-state index in [0.717, 1.165) is 22.4 Å². The Morgan fingerprint density at radius 1 is 0.909 bits per heavy atom. The SMILES string of the molecule is Cc1cccc(C)c1-n1c(C)nn(Cc2ccccc2)c1=O. The van der Waals surface area contributed by atoms with E-state index in [4.69, 9.17) is 0 Å². The quantitative estimate of drug-likeness (QED) is 0.744. The van der Waals surface area contributed by atoms with Crippen LogP contribution in [0.5, 0.6) is 0 Å². The number of hydrogen-bond acceptors (Lipinski definition) is 2. The molecule has 0 aliphatic heterocycles. The second kappa shape index (κ2) is 5.64. The highest BCUT2D eigenvalue weighted by Crippen LogP contribution is 2.18. The number of para-hydroxylation sites is 1. The summed E-state index contributed by atoms with van der Waals surface area (Å²) in [6.07, 6.45) is 0. The Hall–Kier alpha value is -2.62. The molecule has 0 saturated heterocycles. The van der Waals surface area contributed by atoms with E-state index >= 15 is 0 Å². The molecule has 0 amide bonds. The lowest BCUT2D eigenvalue weighted by Crippen LogP contribution is -2.25. The minimum absolute atomic E-state index is 0.0984. The van der Waals surface area contributed by atoms with Crippen LogP contribution < -0.4 is 5.69 Å². The fourth-order valence-corrected chi connectivity index (χ4v) is 2.79. The number of rotatable bonds is 3. The molecule has 0 spiro atoms. The second-order valence-electron chi connectivity index (χ2n) is 5.55. The minimum atomic E-state index is -0.0984. The summed E-state index contributed by atoms with van der Waals surface area (Å²) in [5.74, 6) is 0.707. The average molecular weight is 293 g/mol. The molecular formula is C18H19N3O. The second-order valence-corrected chi connectivity index (χ2v) is 5.55. The van der Waals surface area contributed by atoms with Crippen LogP contribution in [0.2, 0.25) is 0 Å². The molecule has 1 heterocycles. The lowest BCUT2D eigenvalue weighted by Gasteiger charge is -2.10. The number of hydrogen-bond donors (Lipinski definition) is 0. The highest BCUT2D eigenvalue weighted by atomic mass is 16.2. The maximum Gasteiger partial charge on any atom is 0.350 e. The fraction of sp³-hybridized carbons (Fsp3) is 0.222. The molecule has 0 aliphatic carbocycles. The number of benzene rings is 2. The maximum atomic E-state index is 12.8. The van der Waals surface area contributed by atoms with Gasteiger partial charge in [-0.2, -0.15) is 5.10 Å². The number of aryl methyl sites for hydroxylation is 3. The molecule has 4 nitrogen and oxygen atoms in total. The van der Waals surface area contributed by atoms with E-state index in [9.17, 15) is 4.79 Å². The summed E-state index contributed by atoms with van der Waals surface area (Å²) in [7, 11) is 0. The van der Waals surface area contributed by atoms with Crippen molar-refractivity contribution in [1.82, 2.24) is 14.3 Å². The Balaban J connectivity index is 2.10. The third kappa shape index (κ3) is 2.48. The van der Waals surface area contributed by atoms with Gasteiger partial charge in [-0.15, -0.1) is 0 Å².